The number of rotatable bonds is 2. The molecule has 0 amide bonds. The molecule has 1 aliphatic heterocycles. The van der Waals surface area contributed by atoms with Gasteiger partial charge in [0.15, 0.2) is 9.84 Å². The Morgan fingerprint density at radius 1 is 1.25 bits per heavy atom. The zero-order valence-corrected chi connectivity index (χ0v) is 10.1. The largest absolute Gasteiger partial charge is 0.349 e. The second kappa shape index (κ2) is 3.97. The molecule has 1 atom stereocenters. The highest BCUT2D eigenvalue weighted by Crippen LogP contribution is 2.15. The summed E-state index contributed by atoms with van der Waals surface area (Å²) in [6, 6.07) is -0.0890. The predicted octanol–water partition coefficient (Wildman–Crippen LogP) is 0.0874. The second-order valence-electron chi connectivity index (χ2n) is 4.05. The van der Waals surface area contributed by atoms with Gasteiger partial charge in [-0.2, -0.15) is 5.10 Å². The van der Waals surface area contributed by atoms with Gasteiger partial charge < -0.3 is 5.32 Å². The van der Waals surface area contributed by atoms with Crippen molar-refractivity contribution in [2.45, 2.75) is 26.3 Å². The summed E-state index contributed by atoms with van der Waals surface area (Å²) in [6.07, 6.45) is 0.610. The summed E-state index contributed by atoms with van der Waals surface area (Å²) in [5, 5.41) is 10.8. The fraction of sp³-hybridized carbons (Fsp3) is 0.667. The van der Waals surface area contributed by atoms with Gasteiger partial charge in [0, 0.05) is 6.04 Å². The van der Waals surface area contributed by atoms with Crippen LogP contribution in [0.4, 0.5) is 5.95 Å². The monoisotopic (exact) mass is 242 g/mol. The van der Waals surface area contributed by atoms with Crippen molar-refractivity contribution >= 4 is 15.8 Å². The van der Waals surface area contributed by atoms with Gasteiger partial charge in [0.2, 0.25) is 5.95 Å². The quantitative estimate of drug-likeness (QED) is 0.791. The maximum absolute atomic E-state index is 11.3. The summed E-state index contributed by atoms with van der Waals surface area (Å²) in [7, 11) is -2.87. The number of anilines is 1. The Morgan fingerprint density at radius 3 is 2.56 bits per heavy atom. The molecule has 1 unspecified atom stereocenters. The van der Waals surface area contributed by atoms with E-state index in [0.717, 1.165) is 11.4 Å². The van der Waals surface area contributed by atoms with Crippen molar-refractivity contribution in [1.82, 2.24) is 15.2 Å². The van der Waals surface area contributed by atoms with Crippen LogP contribution in [-0.4, -0.2) is 41.1 Å². The van der Waals surface area contributed by atoms with Crippen LogP contribution in [-0.2, 0) is 9.84 Å². The highest BCUT2D eigenvalue weighted by atomic mass is 32.2. The van der Waals surface area contributed by atoms with Crippen molar-refractivity contribution in [2.75, 3.05) is 16.8 Å². The standard InChI is InChI=1S/C9H14N4O2S/c1-6-7(2)12-13-9(10-6)11-8-3-4-16(14,15)5-8/h8H,3-5H2,1-2H3,(H,10,11,13). The van der Waals surface area contributed by atoms with Crippen molar-refractivity contribution in [1.29, 1.82) is 0 Å². The van der Waals surface area contributed by atoms with E-state index in [0.29, 0.717) is 12.4 Å². The second-order valence-corrected chi connectivity index (χ2v) is 6.28. The number of aryl methyl sites for hydroxylation is 2. The van der Waals surface area contributed by atoms with Crippen LogP contribution in [0.2, 0.25) is 0 Å². The Balaban J connectivity index is 2.08. The SMILES string of the molecule is Cc1nnc(NC2CCS(=O)(=O)C2)nc1C. The summed E-state index contributed by atoms with van der Waals surface area (Å²) in [6.45, 7) is 3.68. The zero-order valence-electron chi connectivity index (χ0n) is 9.27. The van der Waals surface area contributed by atoms with Gasteiger partial charge in [-0.25, -0.2) is 13.4 Å². The molecule has 88 valence electrons. The van der Waals surface area contributed by atoms with E-state index in [9.17, 15) is 8.42 Å². The Bertz CT molecular complexity index is 500. The molecule has 1 aromatic rings. The smallest absolute Gasteiger partial charge is 0.243 e. The van der Waals surface area contributed by atoms with Gasteiger partial charge in [-0.05, 0) is 20.3 Å². The lowest BCUT2D eigenvalue weighted by Gasteiger charge is -2.10. The Hall–Kier alpha value is -1.24. The van der Waals surface area contributed by atoms with Crippen LogP contribution < -0.4 is 5.32 Å². The first-order chi connectivity index (χ1) is 7.46. The molecule has 0 radical (unpaired) electrons. The molecule has 1 saturated heterocycles. The molecule has 16 heavy (non-hydrogen) atoms. The summed E-state index contributed by atoms with van der Waals surface area (Å²) in [5.41, 5.74) is 1.59. The van der Waals surface area contributed by atoms with Crippen LogP contribution in [0, 0.1) is 13.8 Å². The van der Waals surface area contributed by atoms with E-state index in [1.54, 1.807) is 0 Å². The molecular formula is C9H14N4O2S. The van der Waals surface area contributed by atoms with Gasteiger partial charge >= 0.3 is 0 Å². The van der Waals surface area contributed by atoms with E-state index in [1.807, 2.05) is 13.8 Å². The third-order valence-corrected chi connectivity index (χ3v) is 4.43. The number of nitrogens with zero attached hydrogens (tertiary/aromatic N) is 3. The van der Waals surface area contributed by atoms with E-state index < -0.39 is 9.84 Å². The molecule has 0 bridgehead atoms. The normalized spacial score (nSPS) is 23.2. The van der Waals surface area contributed by atoms with Gasteiger partial charge in [0.25, 0.3) is 0 Å². The van der Waals surface area contributed by atoms with Crippen LogP contribution in [0.15, 0.2) is 0 Å². The summed E-state index contributed by atoms with van der Waals surface area (Å²) >= 11 is 0. The number of hydrogen-bond acceptors (Lipinski definition) is 6. The molecule has 0 spiro atoms. The third kappa shape index (κ3) is 2.46. The molecule has 6 nitrogen and oxygen atoms in total. The predicted molar refractivity (Wildman–Crippen MR) is 60.0 cm³/mol. The van der Waals surface area contributed by atoms with E-state index in [4.69, 9.17) is 0 Å². The maximum atomic E-state index is 11.3. The minimum Gasteiger partial charge on any atom is -0.349 e. The van der Waals surface area contributed by atoms with Crippen LogP contribution in [0.3, 0.4) is 0 Å². The lowest BCUT2D eigenvalue weighted by atomic mass is 10.3. The molecule has 0 aromatic carbocycles. The molecule has 1 aliphatic rings. The van der Waals surface area contributed by atoms with Gasteiger partial charge in [-0.3, -0.25) is 0 Å². The van der Waals surface area contributed by atoms with Gasteiger partial charge in [-0.1, -0.05) is 0 Å². The van der Waals surface area contributed by atoms with Crippen molar-refractivity contribution in [3.8, 4) is 0 Å². The minimum absolute atomic E-state index is 0.0890. The fourth-order valence-electron chi connectivity index (χ4n) is 1.61. The molecule has 7 heteroatoms. The summed E-state index contributed by atoms with van der Waals surface area (Å²) in [5.74, 6) is 0.803. The first-order valence-electron chi connectivity index (χ1n) is 5.11. The van der Waals surface area contributed by atoms with Crippen molar-refractivity contribution in [3.63, 3.8) is 0 Å². The van der Waals surface area contributed by atoms with Crippen LogP contribution in [0.5, 0.6) is 0 Å². The minimum atomic E-state index is -2.87. The Kier molecular flexibility index (Phi) is 2.79. The topological polar surface area (TPSA) is 84.8 Å². The first-order valence-corrected chi connectivity index (χ1v) is 6.93. The Morgan fingerprint density at radius 2 is 2.00 bits per heavy atom. The summed E-state index contributed by atoms with van der Waals surface area (Å²) < 4.78 is 22.5. The number of sulfone groups is 1. The Labute approximate surface area is 94.4 Å². The zero-order chi connectivity index (χ0) is 11.8. The number of aromatic nitrogens is 3. The maximum Gasteiger partial charge on any atom is 0.243 e. The third-order valence-electron chi connectivity index (χ3n) is 2.66. The van der Waals surface area contributed by atoms with E-state index >= 15 is 0 Å². The fourth-order valence-corrected chi connectivity index (χ4v) is 3.28. The van der Waals surface area contributed by atoms with Gasteiger partial charge in [0.05, 0.1) is 22.9 Å². The molecule has 0 aliphatic carbocycles. The van der Waals surface area contributed by atoms with Crippen LogP contribution in [0.25, 0.3) is 0 Å². The molecule has 2 rings (SSSR count). The van der Waals surface area contributed by atoms with Crippen LogP contribution in [0.1, 0.15) is 17.8 Å². The van der Waals surface area contributed by atoms with E-state index in [1.165, 1.54) is 0 Å². The molecule has 1 N–H and O–H groups in total. The molecule has 1 aromatic heterocycles. The average Bonchev–Trinajstić information content (AvgIpc) is 2.52. The summed E-state index contributed by atoms with van der Waals surface area (Å²) in [4.78, 5) is 4.20. The highest BCUT2D eigenvalue weighted by molar-refractivity contribution is 7.91. The van der Waals surface area contributed by atoms with Gasteiger partial charge in [0.1, 0.15) is 0 Å². The lowest BCUT2D eigenvalue weighted by Crippen LogP contribution is -2.22. The lowest BCUT2D eigenvalue weighted by molar-refractivity contribution is 0.602. The van der Waals surface area contributed by atoms with E-state index in [2.05, 4.69) is 20.5 Å². The van der Waals surface area contributed by atoms with Crippen molar-refractivity contribution in [2.24, 2.45) is 0 Å². The van der Waals surface area contributed by atoms with Crippen molar-refractivity contribution in [3.05, 3.63) is 11.4 Å². The van der Waals surface area contributed by atoms with Crippen molar-refractivity contribution < 1.29 is 8.42 Å². The molecule has 1 fully saturated rings. The van der Waals surface area contributed by atoms with Crippen LogP contribution >= 0.6 is 0 Å². The first kappa shape index (κ1) is 11.3. The average molecular weight is 242 g/mol. The molecule has 2 heterocycles. The molecule has 0 saturated carbocycles. The highest BCUT2D eigenvalue weighted by Gasteiger charge is 2.28. The van der Waals surface area contributed by atoms with E-state index in [-0.39, 0.29) is 17.5 Å². The van der Waals surface area contributed by atoms with Gasteiger partial charge in [-0.15, -0.1) is 5.10 Å². The number of nitrogens with one attached hydrogen (secondary N) is 1. The number of hydrogen-bond donors (Lipinski definition) is 1. The molecular weight excluding hydrogens is 228 g/mol.